The van der Waals surface area contributed by atoms with Crippen molar-refractivity contribution in [2.24, 2.45) is 4.99 Å². The van der Waals surface area contributed by atoms with Gasteiger partial charge in [0.05, 0.1) is 11.5 Å². The van der Waals surface area contributed by atoms with Crippen LogP contribution < -0.4 is 10.6 Å². The lowest BCUT2D eigenvalue weighted by Crippen LogP contribution is -2.36. The Bertz CT molecular complexity index is 766. The molecule has 0 aliphatic heterocycles. The molecule has 6 nitrogen and oxygen atoms in total. The average molecular weight is 472 g/mol. The Morgan fingerprint density at radius 3 is 2.38 bits per heavy atom. The van der Waals surface area contributed by atoms with Gasteiger partial charge >= 0.3 is 0 Å². The van der Waals surface area contributed by atoms with E-state index in [1.54, 1.807) is 31.2 Å². The number of nitrogens with zero attached hydrogens (tertiary/aromatic N) is 2. The van der Waals surface area contributed by atoms with Gasteiger partial charge in [-0.15, -0.1) is 24.0 Å². The highest BCUT2D eigenvalue weighted by molar-refractivity contribution is 14.0. The first kappa shape index (κ1) is 21.8. The van der Waals surface area contributed by atoms with Crippen molar-refractivity contribution in [3.63, 3.8) is 0 Å². The number of rotatable bonds is 6. The van der Waals surface area contributed by atoms with Gasteiger partial charge in [-0.25, -0.2) is 9.38 Å². The molecular weight excluding hydrogens is 450 g/mol. The molecule has 2 aromatic carbocycles. The normalized spacial score (nSPS) is 10.8. The molecule has 0 fully saturated rings. The maximum absolute atomic E-state index is 13.3. The molecular formula is C18H22FIN4O2. The summed E-state index contributed by atoms with van der Waals surface area (Å²) in [5.74, 6) is 0.402. The summed E-state index contributed by atoms with van der Waals surface area (Å²) in [4.78, 5) is 14.7. The van der Waals surface area contributed by atoms with Gasteiger partial charge in [0.25, 0.3) is 5.69 Å². The number of nitro benzene ring substituents is 1. The highest BCUT2D eigenvalue weighted by atomic mass is 127. The number of nitro groups is 1. The molecule has 140 valence electrons. The summed E-state index contributed by atoms with van der Waals surface area (Å²) in [6.07, 6.45) is 0. The second-order valence-corrected chi connectivity index (χ2v) is 5.56. The Labute approximate surface area is 169 Å². The first-order chi connectivity index (χ1) is 12.0. The quantitative estimate of drug-likeness (QED) is 0.220. The monoisotopic (exact) mass is 472 g/mol. The fourth-order valence-corrected chi connectivity index (χ4v) is 2.24. The van der Waals surface area contributed by atoms with E-state index < -0.39 is 4.92 Å². The molecule has 0 amide bonds. The molecule has 0 radical (unpaired) electrons. The minimum absolute atomic E-state index is 0. The van der Waals surface area contributed by atoms with Crippen LogP contribution in [0, 0.1) is 22.9 Å². The maximum Gasteiger partial charge on any atom is 0.269 e. The van der Waals surface area contributed by atoms with Gasteiger partial charge in [0.2, 0.25) is 0 Å². The lowest BCUT2D eigenvalue weighted by molar-refractivity contribution is -0.384. The van der Waals surface area contributed by atoms with Crippen LogP contribution in [0.15, 0.2) is 47.5 Å². The number of aryl methyl sites for hydroxylation is 1. The average Bonchev–Trinajstić information content (AvgIpc) is 2.60. The van der Waals surface area contributed by atoms with Gasteiger partial charge in [0, 0.05) is 25.2 Å². The predicted molar refractivity (Wildman–Crippen MR) is 111 cm³/mol. The number of nitrogens with one attached hydrogen (secondary N) is 2. The molecule has 0 aliphatic carbocycles. The van der Waals surface area contributed by atoms with Crippen molar-refractivity contribution < 1.29 is 9.31 Å². The lowest BCUT2D eigenvalue weighted by Gasteiger charge is -2.11. The number of aliphatic imine (C=N–C) groups is 1. The van der Waals surface area contributed by atoms with E-state index in [0.717, 1.165) is 11.1 Å². The Hall–Kier alpha value is -2.23. The molecule has 8 heteroatoms. The topological polar surface area (TPSA) is 79.6 Å². The SMILES string of the molecule is CCNC(=NCc1ccc(F)c(C)c1)NCc1ccc([N+](=O)[O-])cc1.I. The van der Waals surface area contributed by atoms with Crippen molar-refractivity contribution in [1.82, 2.24) is 10.6 Å². The minimum Gasteiger partial charge on any atom is -0.357 e. The predicted octanol–water partition coefficient (Wildman–Crippen LogP) is 3.92. The zero-order chi connectivity index (χ0) is 18.2. The summed E-state index contributed by atoms with van der Waals surface area (Å²) < 4.78 is 13.3. The first-order valence-corrected chi connectivity index (χ1v) is 8.00. The van der Waals surface area contributed by atoms with Crippen LogP contribution in [0.3, 0.4) is 0 Å². The van der Waals surface area contributed by atoms with Crippen LogP contribution in [0.1, 0.15) is 23.6 Å². The minimum atomic E-state index is -0.423. The second-order valence-electron chi connectivity index (χ2n) is 5.56. The van der Waals surface area contributed by atoms with E-state index in [1.165, 1.54) is 18.2 Å². The van der Waals surface area contributed by atoms with Crippen LogP contribution in [0.25, 0.3) is 0 Å². The van der Waals surface area contributed by atoms with Gasteiger partial charge < -0.3 is 10.6 Å². The summed E-state index contributed by atoms with van der Waals surface area (Å²) >= 11 is 0. The third-order valence-electron chi connectivity index (χ3n) is 3.59. The van der Waals surface area contributed by atoms with E-state index in [0.29, 0.717) is 31.2 Å². The summed E-state index contributed by atoms with van der Waals surface area (Å²) in [5, 5.41) is 17.0. The summed E-state index contributed by atoms with van der Waals surface area (Å²) in [6.45, 7) is 5.31. The fraction of sp³-hybridized carbons (Fsp3) is 0.278. The molecule has 0 spiro atoms. The molecule has 0 unspecified atom stereocenters. The van der Waals surface area contributed by atoms with Crippen molar-refractivity contribution >= 4 is 35.6 Å². The van der Waals surface area contributed by atoms with Gasteiger partial charge in [-0.1, -0.05) is 24.3 Å². The van der Waals surface area contributed by atoms with E-state index in [-0.39, 0.29) is 35.5 Å². The molecule has 0 heterocycles. The zero-order valence-corrected chi connectivity index (χ0v) is 17.0. The highest BCUT2D eigenvalue weighted by Gasteiger charge is 2.05. The summed E-state index contributed by atoms with van der Waals surface area (Å²) in [7, 11) is 0. The molecule has 0 saturated heterocycles. The summed E-state index contributed by atoms with van der Waals surface area (Å²) in [6, 6.07) is 11.3. The second kappa shape index (κ2) is 10.7. The van der Waals surface area contributed by atoms with Crippen LogP contribution in [0.2, 0.25) is 0 Å². The first-order valence-electron chi connectivity index (χ1n) is 8.00. The van der Waals surface area contributed by atoms with Crippen molar-refractivity contribution in [3.8, 4) is 0 Å². The van der Waals surface area contributed by atoms with Gasteiger partial charge in [-0.2, -0.15) is 0 Å². The van der Waals surface area contributed by atoms with E-state index in [2.05, 4.69) is 15.6 Å². The van der Waals surface area contributed by atoms with Crippen LogP contribution >= 0.6 is 24.0 Å². The number of hydrogen-bond donors (Lipinski definition) is 2. The van der Waals surface area contributed by atoms with Gasteiger partial charge in [-0.3, -0.25) is 10.1 Å². The van der Waals surface area contributed by atoms with Crippen LogP contribution in [-0.4, -0.2) is 17.4 Å². The zero-order valence-electron chi connectivity index (χ0n) is 14.7. The van der Waals surface area contributed by atoms with E-state index in [9.17, 15) is 14.5 Å². The number of guanidine groups is 1. The number of non-ortho nitro benzene ring substituents is 1. The molecule has 0 saturated carbocycles. The largest absolute Gasteiger partial charge is 0.357 e. The van der Waals surface area contributed by atoms with E-state index in [4.69, 9.17) is 0 Å². The Morgan fingerprint density at radius 1 is 1.15 bits per heavy atom. The third-order valence-corrected chi connectivity index (χ3v) is 3.59. The Balaban J connectivity index is 0.00000338. The molecule has 26 heavy (non-hydrogen) atoms. The van der Waals surface area contributed by atoms with Gasteiger partial charge in [0.1, 0.15) is 5.82 Å². The molecule has 0 aliphatic rings. The number of hydrogen-bond acceptors (Lipinski definition) is 3. The Morgan fingerprint density at radius 2 is 1.81 bits per heavy atom. The molecule has 2 N–H and O–H groups in total. The number of halogens is 2. The van der Waals surface area contributed by atoms with E-state index in [1.807, 2.05) is 6.92 Å². The molecule has 0 atom stereocenters. The molecule has 2 rings (SSSR count). The number of benzene rings is 2. The van der Waals surface area contributed by atoms with E-state index >= 15 is 0 Å². The van der Waals surface area contributed by atoms with Crippen LogP contribution in [0.4, 0.5) is 10.1 Å². The van der Waals surface area contributed by atoms with Gasteiger partial charge in [-0.05, 0) is 36.6 Å². The molecule has 0 bridgehead atoms. The van der Waals surface area contributed by atoms with Gasteiger partial charge in [0.15, 0.2) is 5.96 Å². The Kier molecular flexibility index (Phi) is 8.97. The van der Waals surface area contributed by atoms with Crippen LogP contribution in [0.5, 0.6) is 0 Å². The fourth-order valence-electron chi connectivity index (χ4n) is 2.24. The van der Waals surface area contributed by atoms with Crippen molar-refractivity contribution in [3.05, 3.63) is 75.1 Å². The highest BCUT2D eigenvalue weighted by Crippen LogP contribution is 2.12. The van der Waals surface area contributed by atoms with Crippen molar-refractivity contribution in [2.45, 2.75) is 26.9 Å². The van der Waals surface area contributed by atoms with Crippen LogP contribution in [-0.2, 0) is 13.1 Å². The summed E-state index contributed by atoms with van der Waals surface area (Å²) in [5.41, 5.74) is 2.49. The smallest absolute Gasteiger partial charge is 0.269 e. The molecule has 2 aromatic rings. The molecule has 0 aromatic heterocycles. The third kappa shape index (κ3) is 6.58. The van der Waals surface area contributed by atoms with Crippen molar-refractivity contribution in [2.75, 3.05) is 6.54 Å². The van der Waals surface area contributed by atoms with Crippen molar-refractivity contribution in [1.29, 1.82) is 0 Å². The lowest BCUT2D eigenvalue weighted by atomic mass is 10.1. The maximum atomic E-state index is 13.3. The standard InChI is InChI=1S/C18H21FN4O2.HI/c1-3-20-18(22-12-15-6-9-17(19)13(2)10-15)21-11-14-4-7-16(8-5-14)23(24)25;/h4-10H,3,11-12H2,1-2H3,(H2,20,21,22);1H.